The van der Waals surface area contributed by atoms with Gasteiger partial charge >= 0.3 is 0 Å². The Morgan fingerprint density at radius 1 is 1.26 bits per heavy atom. The number of aryl methyl sites for hydroxylation is 1. The average molecular weight is 329 g/mol. The molecule has 0 aliphatic rings. The van der Waals surface area contributed by atoms with Crippen LogP contribution in [0.25, 0.3) is 11.4 Å². The molecule has 23 heavy (non-hydrogen) atoms. The normalized spacial score (nSPS) is 11.1. The van der Waals surface area contributed by atoms with E-state index in [9.17, 15) is 0 Å². The molecule has 2 heterocycles. The molecule has 0 N–H and O–H groups in total. The monoisotopic (exact) mass is 329 g/mol. The van der Waals surface area contributed by atoms with Crippen molar-refractivity contribution < 1.29 is 9.26 Å². The first-order valence-electron chi connectivity index (χ1n) is 7.44. The van der Waals surface area contributed by atoms with Crippen LogP contribution in [0.15, 0.2) is 45.6 Å². The first-order chi connectivity index (χ1) is 11.2. The van der Waals surface area contributed by atoms with E-state index in [1.807, 2.05) is 55.1 Å². The van der Waals surface area contributed by atoms with Crippen molar-refractivity contribution in [3.8, 4) is 17.1 Å². The second-order valence-electron chi connectivity index (χ2n) is 5.38. The van der Waals surface area contributed by atoms with Crippen LogP contribution in [0.5, 0.6) is 5.75 Å². The number of para-hydroxylation sites is 1. The summed E-state index contributed by atoms with van der Waals surface area (Å²) in [6, 6.07) is 10.0. The zero-order chi connectivity index (χ0) is 16.1. The van der Waals surface area contributed by atoms with E-state index in [0.29, 0.717) is 24.9 Å². The van der Waals surface area contributed by atoms with Gasteiger partial charge in [0.2, 0.25) is 11.7 Å². The van der Waals surface area contributed by atoms with E-state index in [0.717, 1.165) is 23.4 Å². The molecule has 0 bridgehead atoms. The molecule has 3 aromatic rings. The molecule has 5 nitrogen and oxygen atoms in total. The van der Waals surface area contributed by atoms with Gasteiger partial charge in [0.1, 0.15) is 12.4 Å². The Morgan fingerprint density at radius 3 is 2.91 bits per heavy atom. The van der Waals surface area contributed by atoms with Gasteiger partial charge in [0.05, 0.1) is 6.54 Å². The molecule has 0 atom stereocenters. The molecule has 6 heteroatoms. The van der Waals surface area contributed by atoms with Gasteiger partial charge in [-0.15, -0.1) is 0 Å². The summed E-state index contributed by atoms with van der Waals surface area (Å²) in [5.41, 5.74) is 2.14. The van der Waals surface area contributed by atoms with E-state index < -0.39 is 0 Å². The van der Waals surface area contributed by atoms with E-state index in [-0.39, 0.29) is 0 Å². The lowest BCUT2D eigenvalue weighted by Crippen LogP contribution is -2.24. The van der Waals surface area contributed by atoms with Crippen molar-refractivity contribution in [3.63, 3.8) is 0 Å². The Bertz CT molecular complexity index is 740. The number of benzene rings is 1. The summed E-state index contributed by atoms with van der Waals surface area (Å²) in [7, 11) is 2.01. The second-order valence-corrected chi connectivity index (χ2v) is 6.16. The summed E-state index contributed by atoms with van der Waals surface area (Å²) in [5, 5.41) is 8.02. The summed E-state index contributed by atoms with van der Waals surface area (Å²) in [6.45, 7) is 4.05. The summed E-state index contributed by atoms with van der Waals surface area (Å²) in [5.74, 6) is 2.19. The van der Waals surface area contributed by atoms with Gasteiger partial charge in [-0.05, 0) is 37.0 Å². The fourth-order valence-electron chi connectivity index (χ4n) is 2.17. The average Bonchev–Trinajstić information content (AvgIpc) is 3.20. The van der Waals surface area contributed by atoms with Gasteiger partial charge < -0.3 is 9.26 Å². The molecule has 3 rings (SSSR count). The van der Waals surface area contributed by atoms with Gasteiger partial charge in [0, 0.05) is 17.5 Å². The molecule has 0 amide bonds. The Kier molecular flexibility index (Phi) is 5.05. The van der Waals surface area contributed by atoms with Crippen molar-refractivity contribution >= 4 is 11.3 Å². The predicted octanol–water partition coefficient (Wildman–Crippen LogP) is 3.62. The van der Waals surface area contributed by atoms with Crippen molar-refractivity contribution in [1.29, 1.82) is 0 Å². The van der Waals surface area contributed by atoms with Crippen molar-refractivity contribution in [2.24, 2.45) is 0 Å². The number of ether oxygens (including phenoxy) is 1. The summed E-state index contributed by atoms with van der Waals surface area (Å²) < 4.78 is 11.1. The Balaban J connectivity index is 1.48. The van der Waals surface area contributed by atoms with Crippen molar-refractivity contribution in [1.82, 2.24) is 15.0 Å². The molecular weight excluding hydrogens is 310 g/mol. The van der Waals surface area contributed by atoms with E-state index >= 15 is 0 Å². The Labute approximate surface area is 139 Å². The van der Waals surface area contributed by atoms with Crippen molar-refractivity contribution in [2.75, 3.05) is 20.2 Å². The van der Waals surface area contributed by atoms with Gasteiger partial charge in [0.25, 0.3) is 0 Å². The Morgan fingerprint density at radius 2 is 2.13 bits per heavy atom. The fourth-order valence-corrected chi connectivity index (χ4v) is 2.80. The minimum absolute atomic E-state index is 0.605. The van der Waals surface area contributed by atoms with E-state index in [1.165, 1.54) is 0 Å². The van der Waals surface area contributed by atoms with Gasteiger partial charge in [-0.25, -0.2) is 0 Å². The van der Waals surface area contributed by atoms with Gasteiger partial charge in [-0.1, -0.05) is 23.4 Å². The quantitative estimate of drug-likeness (QED) is 0.663. The van der Waals surface area contributed by atoms with Gasteiger partial charge in [-0.3, -0.25) is 4.90 Å². The molecule has 0 fully saturated rings. The smallest absolute Gasteiger partial charge is 0.241 e. The van der Waals surface area contributed by atoms with Gasteiger partial charge in [0.15, 0.2) is 0 Å². The van der Waals surface area contributed by atoms with Crippen LogP contribution in [0.2, 0.25) is 0 Å². The highest BCUT2D eigenvalue weighted by atomic mass is 32.1. The van der Waals surface area contributed by atoms with E-state index in [1.54, 1.807) is 11.3 Å². The standard InChI is InChI=1S/C17H19N3O2S/c1-13-5-3-4-6-15(13)21-9-8-20(2)11-16-18-17(19-22-16)14-7-10-23-12-14/h3-7,10,12H,8-9,11H2,1-2H3. The van der Waals surface area contributed by atoms with Crippen molar-refractivity contribution in [3.05, 3.63) is 52.5 Å². The number of aromatic nitrogens is 2. The topological polar surface area (TPSA) is 51.4 Å². The Hall–Kier alpha value is -2.18. The number of hydrogen-bond acceptors (Lipinski definition) is 6. The maximum atomic E-state index is 5.80. The van der Waals surface area contributed by atoms with Crippen LogP contribution in [0, 0.1) is 6.92 Å². The number of thiophene rings is 1. The van der Waals surface area contributed by atoms with Crippen LogP contribution in [-0.2, 0) is 6.54 Å². The predicted molar refractivity (Wildman–Crippen MR) is 90.6 cm³/mol. The van der Waals surface area contributed by atoms with Gasteiger partial charge in [-0.2, -0.15) is 16.3 Å². The molecular formula is C17H19N3O2S. The minimum Gasteiger partial charge on any atom is -0.492 e. The summed E-state index contributed by atoms with van der Waals surface area (Å²) >= 11 is 1.62. The molecule has 0 saturated carbocycles. The zero-order valence-corrected chi connectivity index (χ0v) is 14.0. The first-order valence-corrected chi connectivity index (χ1v) is 8.39. The van der Waals surface area contributed by atoms with Crippen molar-refractivity contribution in [2.45, 2.75) is 13.5 Å². The molecule has 2 aromatic heterocycles. The minimum atomic E-state index is 0.605. The molecule has 0 spiro atoms. The highest BCUT2D eigenvalue weighted by Crippen LogP contribution is 2.19. The lowest BCUT2D eigenvalue weighted by molar-refractivity contribution is 0.212. The fraction of sp³-hybridized carbons (Fsp3) is 0.294. The largest absolute Gasteiger partial charge is 0.492 e. The van der Waals surface area contributed by atoms with Crippen LogP contribution in [0.1, 0.15) is 11.5 Å². The molecule has 120 valence electrons. The van der Waals surface area contributed by atoms with Crippen LogP contribution >= 0.6 is 11.3 Å². The van der Waals surface area contributed by atoms with Crippen LogP contribution < -0.4 is 4.74 Å². The summed E-state index contributed by atoms with van der Waals surface area (Å²) in [6.07, 6.45) is 0. The van der Waals surface area contributed by atoms with Crippen LogP contribution in [0.4, 0.5) is 0 Å². The van der Waals surface area contributed by atoms with E-state index in [4.69, 9.17) is 9.26 Å². The molecule has 1 aromatic carbocycles. The maximum Gasteiger partial charge on any atom is 0.241 e. The zero-order valence-electron chi connectivity index (χ0n) is 13.2. The molecule has 0 saturated heterocycles. The maximum absolute atomic E-state index is 5.80. The second kappa shape index (κ2) is 7.39. The molecule has 0 aliphatic heterocycles. The van der Waals surface area contributed by atoms with Crippen LogP contribution in [-0.4, -0.2) is 35.2 Å². The third kappa shape index (κ3) is 4.18. The SMILES string of the molecule is Cc1ccccc1OCCN(C)Cc1nc(-c2ccsc2)no1. The summed E-state index contributed by atoms with van der Waals surface area (Å²) in [4.78, 5) is 6.52. The third-order valence-electron chi connectivity index (χ3n) is 3.48. The molecule has 0 unspecified atom stereocenters. The highest BCUT2D eigenvalue weighted by Gasteiger charge is 2.11. The van der Waals surface area contributed by atoms with Crippen LogP contribution in [0.3, 0.4) is 0 Å². The van der Waals surface area contributed by atoms with E-state index in [2.05, 4.69) is 15.0 Å². The number of likely N-dealkylation sites (N-methyl/N-ethyl adjacent to an activating group) is 1. The lowest BCUT2D eigenvalue weighted by Gasteiger charge is -2.15. The molecule has 0 radical (unpaired) electrons. The highest BCUT2D eigenvalue weighted by molar-refractivity contribution is 7.08. The lowest BCUT2D eigenvalue weighted by atomic mass is 10.2. The number of nitrogens with zero attached hydrogens (tertiary/aromatic N) is 3. The number of rotatable bonds is 7. The molecule has 0 aliphatic carbocycles. The number of hydrogen-bond donors (Lipinski definition) is 0. The first kappa shape index (κ1) is 15.7. The third-order valence-corrected chi connectivity index (χ3v) is 4.16.